The number of carbonyl (C=O) groups is 2. The number of hydrogen-bond donors (Lipinski definition) is 2. The van der Waals surface area contributed by atoms with Crippen molar-refractivity contribution in [2.24, 2.45) is 11.1 Å². The molecule has 1 saturated heterocycles. The molecule has 3 N–H and O–H groups in total. The molecule has 0 radical (unpaired) electrons. The third-order valence-electron chi connectivity index (χ3n) is 4.00. The lowest BCUT2D eigenvalue weighted by Crippen LogP contribution is -2.49. The fourth-order valence-electron chi connectivity index (χ4n) is 2.44. The summed E-state index contributed by atoms with van der Waals surface area (Å²) in [6.07, 6.45) is 1.34. The topological polar surface area (TPSA) is 94.3 Å². The Labute approximate surface area is 134 Å². The van der Waals surface area contributed by atoms with E-state index in [0.717, 1.165) is 10.7 Å². The van der Waals surface area contributed by atoms with Crippen LogP contribution in [0.2, 0.25) is 0 Å². The van der Waals surface area contributed by atoms with Gasteiger partial charge < -0.3 is 15.8 Å². The van der Waals surface area contributed by atoms with E-state index < -0.39 is 5.41 Å². The van der Waals surface area contributed by atoms with Crippen LogP contribution in [0.1, 0.15) is 43.3 Å². The molecule has 2 rings (SSSR count). The van der Waals surface area contributed by atoms with Crippen molar-refractivity contribution < 1.29 is 14.3 Å². The van der Waals surface area contributed by atoms with Crippen LogP contribution in [-0.2, 0) is 20.7 Å². The molecule has 0 spiro atoms. The maximum absolute atomic E-state index is 12.1. The van der Waals surface area contributed by atoms with Gasteiger partial charge in [0.15, 0.2) is 0 Å². The number of carbonyl (C=O) groups excluding carboxylic acids is 2. The van der Waals surface area contributed by atoms with E-state index in [1.54, 1.807) is 11.3 Å². The van der Waals surface area contributed by atoms with Gasteiger partial charge in [-0.05, 0) is 12.8 Å². The van der Waals surface area contributed by atoms with Gasteiger partial charge in [-0.1, -0.05) is 13.8 Å². The normalized spacial score (nSPS) is 17.4. The highest BCUT2D eigenvalue weighted by atomic mass is 32.1. The van der Waals surface area contributed by atoms with E-state index in [-0.39, 0.29) is 24.8 Å². The molecule has 0 unspecified atom stereocenters. The molecule has 7 heteroatoms. The quantitative estimate of drug-likeness (QED) is 0.822. The molecule has 0 aliphatic carbocycles. The molecule has 0 atom stereocenters. The molecule has 0 saturated carbocycles. The minimum absolute atomic E-state index is 0.132. The van der Waals surface area contributed by atoms with Crippen LogP contribution in [0, 0.1) is 5.41 Å². The van der Waals surface area contributed by atoms with Crippen LogP contribution >= 0.6 is 11.3 Å². The van der Waals surface area contributed by atoms with E-state index in [0.29, 0.717) is 32.0 Å². The molecule has 6 nitrogen and oxygen atoms in total. The van der Waals surface area contributed by atoms with Gasteiger partial charge in [-0.2, -0.15) is 0 Å². The summed E-state index contributed by atoms with van der Waals surface area (Å²) in [5.74, 6) is -0.137. The van der Waals surface area contributed by atoms with Gasteiger partial charge in [0.25, 0.3) is 0 Å². The summed E-state index contributed by atoms with van der Waals surface area (Å²) in [7, 11) is 0. The van der Waals surface area contributed by atoms with E-state index >= 15 is 0 Å². The highest BCUT2D eigenvalue weighted by molar-refractivity contribution is 7.09. The van der Waals surface area contributed by atoms with Crippen LogP contribution in [0.4, 0.5) is 0 Å². The number of primary amides is 1. The predicted octanol–water partition coefficient (Wildman–Crippen LogP) is 1.21. The Morgan fingerprint density at radius 2 is 2.14 bits per heavy atom. The largest absolute Gasteiger partial charge is 0.381 e. The third-order valence-corrected chi connectivity index (χ3v) is 5.20. The Morgan fingerprint density at radius 3 is 2.68 bits per heavy atom. The number of thiazole rings is 1. The minimum Gasteiger partial charge on any atom is -0.381 e. The van der Waals surface area contributed by atoms with Crippen LogP contribution in [0.15, 0.2) is 5.38 Å². The number of nitrogens with two attached hydrogens (primary N) is 1. The third kappa shape index (κ3) is 4.04. The van der Waals surface area contributed by atoms with Gasteiger partial charge in [-0.25, -0.2) is 4.98 Å². The van der Waals surface area contributed by atoms with E-state index in [1.807, 2.05) is 5.38 Å². The van der Waals surface area contributed by atoms with Gasteiger partial charge in [0.05, 0.1) is 22.5 Å². The Kier molecular flexibility index (Phi) is 5.52. The first kappa shape index (κ1) is 16.9. The van der Waals surface area contributed by atoms with Crippen LogP contribution in [0.5, 0.6) is 0 Å². The smallest absolute Gasteiger partial charge is 0.226 e. The number of amides is 2. The van der Waals surface area contributed by atoms with Crippen LogP contribution in [0.3, 0.4) is 0 Å². The first-order valence-corrected chi connectivity index (χ1v) is 8.39. The molecule has 1 aliphatic heterocycles. The monoisotopic (exact) mass is 325 g/mol. The maximum Gasteiger partial charge on any atom is 0.226 e. The van der Waals surface area contributed by atoms with Crippen molar-refractivity contribution >= 4 is 23.2 Å². The summed E-state index contributed by atoms with van der Waals surface area (Å²) in [5, 5.41) is 5.77. The lowest BCUT2D eigenvalue weighted by Gasteiger charge is -2.34. The minimum atomic E-state index is -0.681. The molecule has 1 aromatic rings. The van der Waals surface area contributed by atoms with Gasteiger partial charge in [-0.3, -0.25) is 9.59 Å². The first-order valence-electron chi connectivity index (χ1n) is 7.51. The Hall–Kier alpha value is -1.47. The number of rotatable bonds is 6. The van der Waals surface area contributed by atoms with Crippen LogP contribution in [-0.4, -0.2) is 36.6 Å². The zero-order valence-electron chi connectivity index (χ0n) is 13.1. The second-order valence-corrected chi connectivity index (χ2v) is 6.93. The van der Waals surface area contributed by atoms with Crippen molar-refractivity contribution in [3.05, 3.63) is 16.1 Å². The van der Waals surface area contributed by atoms with Crippen LogP contribution < -0.4 is 11.1 Å². The number of aromatic nitrogens is 1. The molecule has 1 aliphatic rings. The number of ether oxygens (including phenoxy) is 1. The van der Waals surface area contributed by atoms with E-state index in [9.17, 15) is 9.59 Å². The van der Waals surface area contributed by atoms with Crippen molar-refractivity contribution in [3.8, 4) is 0 Å². The summed E-state index contributed by atoms with van der Waals surface area (Å²) in [6.45, 7) is 5.42. The standard InChI is InChI=1S/C15H23N3O3S/c1-10(2)13-18-11(8-22-13)7-12(19)17-9-15(14(16)20)3-5-21-6-4-15/h8,10H,3-7,9H2,1-2H3,(H2,16,20)(H,17,19). The Morgan fingerprint density at radius 1 is 1.45 bits per heavy atom. The van der Waals surface area contributed by atoms with E-state index in [4.69, 9.17) is 10.5 Å². The van der Waals surface area contributed by atoms with Crippen LogP contribution in [0.25, 0.3) is 0 Å². The Bertz CT molecular complexity index is 536. The van der Waals surface area contributed by atoms with Crippen molar-refractivity contribution in [2.75, 3.05) is 19.8 Å². The second kappa shape index (κ2) is 7.19. The summed E-state index contributed by atoms with van der Waals surface area (Å²) >= 11 is 1.57. The number of hydrogen-bond acceptors (Lipinski definition) is 5. The average molecular weight is 325 g/mol. The average Bonchev–Trinajstić information content (AvgIpc) is 2.95. The van der Waals surface area contributed by atoms with Gasteiger partial charge in [0, 0.05) is 31.1 Å². The van der Waals surface area contributed by atoms with Crippen molar-refractivity contribution in [3.63, 3.8) is 0 Å². The summed E-state index contributed by atoms with van der Waals surface area (Å²) in [4.78, 5) is 28.2. The van der Waals surface area contributed by atoms with Crippen molar-refractivity contribution in [1.29, 1.82) is 0 Å². The fourth-order valence-corrected chi connectivity index (χ4v) is 3.27. The van der Waals surface area contributed by atoms with Crippen molar-refractivity contribution in [1.82, 2.24) is 10.3 Å². The predicted molar refractivity (Wildman–Crippen MR) is 84.6 cm³/mol. The molecular weight excluding hydrogens is 302 g/mol. The molecule has 2 amide bonds. The van der Waals surface area contributed by atoms with E-state index in [1.165, 1.54) is 0 Å². The second-order valence-electron chi connectivity index (χ2n) is 6.04. The molecule has 1 fully saturated rings. The van der Waals surface area contributed by atoms with Gasteiger partial charge in [0.2, 0.25) is 11.8 Å². The first-order chi connectivity index (χ1) is 10.4. The molecule has 22 heavy (non-hydrogen) atoms. The lowest BCUT2D eigenvalue weighted by molar-refractivity contribution is -0.133. The highest BCUT2D eigenvalue weighted by Gasteiger charge is 2.38. The van der Waals surface area contributed by atoms with E-state index in [2.05, 4.69) is 24.1 Å². The SMILES string of the molecule is CC(C)c1nc(CC(=O)NCC2(C(N)=O)CCOCC2)cs1. The summed E-state index contributed by atoms with van der Waals surface area (Å²) in [6, 6.07) is 0. The maximum atomic E-state index is 12.1. The molecule has 1 aromatic heterocycles. The lowest BCUT2D eigenvalue weighted by atomic mass is 9.79. The molecule has 122 valence electrons. The number of nitrogens with zero attached hydrogens (tertiary/aromatic N) is 1. The van der Waals surface area contributed by atoms with Crippen molar-refractivity contribution in [2.45, 2.75) is 39.0 Å². The summed E-state index contributed by atoms with van der Waals surface area (Å²) in [5.41, 5.74) is 5.61. The van der Waals surface area contributed by atoms with Gasteiger partial charge in [-0.15, -0.1) is 11.3 Å². The summed E-state index contributed by atoms with van der Waals surface area (Å²) < 4.78 is 5.27. The molecular formula is C15H23N3O3S. The van der Waals surface area contributed by atoms with Gasteiger partial charge in [0.1, 0.15) is 0 Å². The molecule has 0 aromatic carbocycles. The number of nitrogens with one attached hydrogen (secondary N) is 1. The molecule has 0 bridgehead atoms. The zero-order valence-corrected chi connectivity index (χ0v) is 13.9. The highest BCUT2D eigenvalue weighted by Crippen LogP contribution is 2.29. The molecule has 2 heterocycles. The Balaban J connectivity index is 1.89. The van der Waals surface area contributed by atoms with Gasteiger partial charge >= 0.3 is 0 Å². The zero-order chi connectivity index (χ0) is 16.2. The fraction of sp³-hybridized carbons (Fsp3) is 0.667.